The summed E-state index contributed by atoms with van der Waals surface area (Å²) < 4.78 is 10.8. The van der Waals surface area contributed by atoms with Crippen LogP contribution >= 0.6 is 0 Å². The van der Waals surface area contributed by atoms with E-state index in [-0.39, 0.29) is 0 Å². The Balaban J connectivity index is 2.39. The van der Waals surface area contributed by atoms with Gasteiger partial charge in [-0.2, -0.15) is 0 Å². The highest BCUT2D eigenvalue weighted by atomic mass is 32.2. The maximum atomic E-state index is 10.8. The highest BCUT2D eigenvalue weighted by molar-refractivity contribution is 8.10. The van der Waals surface area contributed by atoms with Crippen LogP contribution in [0.25, 0.3) is 0 Å². The van der Waals surface area contributed by atoms with E-state index in [0.29, 0.717) is 5.25 Å². The molecule has 1 radical (unpaired) electrons. The van der Waals surface area contributed by atoms with Crippen molar-refractivity contribution < 1.29 is 4.21 Å². The maximum Gasteiger partial charge on any atom is 0.238 e. The van der Waals surface area contributed by atoms with Gasteiger partial charge in [0.25, 0.3) is 0 Å². The summed E-state index contributed by atoms with van der Waals surface area (Å²) >= 11 is 0. The van der Waals surface area contributed by atoms with Gasteiger partial charge in [0.15, 0.2) is 0 Å². The lowest BCUT2D eigenvalue weighted by Crippen LogP contribution is -2.20. The minimum atomic E-state index is -0.610. The molecule has 1 aliphatic rings. The van der Waals surface area contributed by atoms with Crippen LogP contribution in [0.4, 0.5) is 0 Å². The van der Waals surface area contributed by atoms with Gasteiger partial charge < -0.3 is 0 Å². The lowest BCUT2D eigenvalue weighted by Gasteiger charge is -2.15. The zero-order valence-corrected chi connectivity index (χ0v) is 5.91. The van der Waals surface area contributed by atoms with Gasteiger partial charge in [-0.1, -0.05) is 19.7 Å². The number of hydrogen-bond acceptors (Lipinski definition) is 1. The minimum absolute atomic E-state index is 0.420. The van der Waals surface area contributed by atoms with Crippen LogP contribution in [-0.4, -0.2) is 16.0 Å². The van der Waals surface area contributed by atoms with E-state index < -0.39 is 10.7 Å². The Morgan fingerprint density at radius 3 is 2.88 bits per heavy atom. The van der Waals surface area contributed by atoms with Crippen molar-refractivity contribution in [3.8, 4) is 0 Å². The van der Waals surface area contributed by atoms with E-state index in [0.717, 1.165) is 12.7 Å². The van der Waals surface area contributed by atoms with Crippen LogP contribution in [0, 0.1) is 0 Å². The van der Waals surface area contributed by atoms with E-state index in [1.54, 1.807) is 0 Å². The van der Waals surface area contributed by atoms with Gasteiger partial charge in [0, 0.05) is 5.25 Å². The minimum Gasteiger partial charge on any atom is -0.272 e. The smallest absolute Gasteiger partial charge is 0.238 e. The SMILES string of the molecule is CC1CCC[B]S1=O. The van der Waals surface area contributed by atoms with Crippen LogP contribution in [-0.2, 0) is 10.7 Å². The average Bonchev–Trinajstić information content (AvgIpc) is 1.77. The monoisotopic (exact) mass is 129 g/mol. The lowest BCUT2D eigenvalue weighted by atomic mass is 9.97. The first-order chi connectivity index (χ1) is 3.80. The Morgan fingerprint density at radius 2 is 2.50 bits per heavy atom. The molecule has 45 valence electrons. The van der Waals surface area contributed by atoms with Crippen molar-refractivity contribution in [2.45, 2.75) is 31.3 Å². The zero-order valence-electron chi connectivity index (χ0n) is 5.09. The van der Waals surface area contributed by atoms with Gasteiger partial charge in [0.05, 0.1) is 0 Å². The molecule has 0 aromatic rings. The quantitative estimate of drug-likeness (QED) is 0.445. The van der Waals surface area contributed by atoms with Crippen LogP contribution < -0.4 is 0 Å². The van der Waals surface area contributed by atoms with E-state index in [1.165, 1.54) is 6.42 Å². The van der Waals surface area contributed by atoms with Crippen molar-refractivity contribution in [1.29, 1.82) is 0 Å². The molecule has 1 fully saturated rings. The zero-order chi connectivity index (χ0) is 5.98. The fraction of sp³-hybridized carbons (Fsp3) is 1.00. The van der Waals surface area contributed by atoms with Gasteiger partial charge in [0.2, 0.25) is 6.56 Å². The Labute approximate surface area is 53.5 Å². The van der Waals surface area contributed by atoms with Gasteiger partial charge >= 0.3 is 0 Å². The van der Waals surface area contributed by atoms with Gasteiger partial charge in [-0.25, -0.2) is 0 Å². The summed E-state index contributed by atoms with van der Waals surface area (Å²) in [6, 6.07) is 0. The predicted molar refractivity (Wildman–Crippen MR) is 37.4 cm³/mol. The molecule has 3 heteroatoms. The summed E-state index contributed by atoms with van der Waals surface area (Å²) in [4.78, 5) is 0. The maximum absolute atomic E-state index is 10.8. The molecule has 2 atom stereocenters. The molecule has 2 unspecified atom stereocenters. The second-order valence-electron chi connectivity index (χ2n) is 2.24. The van der Waals surface area contributed by atoms with Gasteiger partial charge in [-0.05, 0) is 17.1 Å². The fourth-order valence-corrected chi connectivity index (χ4v) is 2.01. The van der Waals surface area contributed by atoms with Crippen LogP contribution in [0.5, 0.6) is 0 Å². The first kappa shape index (κ1) is 6.34. The average molecular weight is 129 g/mol. The van der Waals surface area contributed by atoms with Gasteiger partial charge in [-0.3, -0.25) is 4.21 Å². The van der Waals surface area contributed by atoms with E-state index in [1.807, 2.05) is 13.5 Å². The lowest BCUT2D eigenvalue weighted by molar-refractivity contribution is 0.666. The van der Waals surface area contributed by atoms with Crippen LogP contribution in [0.3, 0.4) is 0 Å². The Kier molecular flexibility index (Phi) is 2.12. The van der Waals surface area contributed by atoms with Gasteiger partial charge in [-0.15, -0.1) is 0 Å². The summed E-state index contributed by atoms with van der Waals surface area (Å²) in [5.41, 5.74) is 0. The Hall–Kier alpha value is 0.215. The molecule has 1 heterocycles. The molecule has 0 saturated carbocycles. The number of hydrogen-bond donors (Lipinski definition) is 0. The second-order valence-corrected chi connectivity index (χ2v) is 4.03. The molecule has 0 spiro atoms. The van der Waals surface area contributed by atoms with Crippen molar-refractivity contribution >= 4 is 17.2 Å². The molecule has 0 amide bonds. The summed E-state index contributed by atoms with van der Waals surface area (Å²) in [7, 11) is -0.610. The Bertz CT molecular complexity index is 105. The third kappa shape index (κ3) is 1.34. The molecule has 1 rings (SSSR count). The summed E-state index contributed by atoms with van der Waals surface area (Å²) in [6.45, 7) is 3.97. The molecule has 0 aromatic heterocycles. The molecule has 8 heavy (non-hydrogen) atoms. The van der Waals surface area contributed by atoms with Crippen molar-refractivity contribution in [3.05, 3.63) is 0 Å². The first-order valence-electron chi connectivity index (χ1n) is 3.03. The van der Waals surface area contributed by atoms with Crippen LogP contribution in [0.15, 0.2) is 0 Å². The van der Waals surface area contributed by atoms with Gasteiger partial charge in [0.1, 0.15) is 0 Å². The van der Waals surface area contributed by atoms with Crippen molar-refractivity contribution in [3.63, 3.8) is 0 Å². The fourth-order valence-electron chi connectivity index (χ4n) is 0.885. The van der Waals surface area contributed by atoms with Crippen LogP contribution in [0.1, 0.15) is 19.8 Å². The highest BCUT2D eigenvalue weighted by Gasteiger charge is 2.15. The predicted octanol–water partition coefficient (Wildman–Crippen LogP) is 0.955. The van der Waals surface area contributed by atoms with E-state index >= 15 is 0 Å². The summed E-state index contributed by atoms with van der Waals surface area (Å²) in [6.07, 6.45) is 3.42. The van der Waals surface area contributed by atoms with Crippen LogP contribution in [0.2, 0.25) is 6.32 Å². The molecule has 1 aliphatic heterocycles. The molecule has 0 bridgehead atoms. The third-order valence-corrected chi connectivity index (χ3v) is 3.09. The molecular weight excluding hydrogens is 119 g/mol. The largest absolute Gasteiger partial charge is 0.272 e. The van der Waals surface area contributed by atoms with Crippen molar-refractivity contribution in [2.24, 2.45) is 0 Å². The standard InChI is InChI=1S/C5H10BOS/c1-5-3-2-4-6-8(5)7/h5H,2-4H2,1H3. The second kappa shape index (κ2) is 2.67. The molecule has 1 nitrogen and oxygen atoms in total. The first-order valence-corrected chi connectivity index (χ1v) is 4.31. The highest BCUT2D eigenvalue weighted by Crippen LogP contribution is 2.13. The molecular formula is C5H10BOS. The van der Waals surface area contributed by atoms with Crippen molar-refractivity contribution in [1.82, 2.24) is 0 Å². The summed E-state index contributed by atoms with van der Waals surface area (Å²) in [5, 5.41) is 0.420. The number of rotatable bonds is 0. The Morgan fingerprint density at radius 1 is 1.75 bits per heavy atom. The van der Waals surface area contributed by atoms with E-state index in [4.69, 9.17) is 0 Å². The van der Waals surface area contributed by atoms with E-state index in [9.17, 15) is 4.21 Å². The normalized spacial score (nSPS) is 38.6. The van der Waals surface area contributed by atoms with Crippen molar-refractivity contribution in [2.75, 3.05) is 0 Å². The topological polar surface area (TPSA) is 17.1 Å². The molecule has 0 aromatic carbocycles. The molecule has 0 aliphatic carbocycles. The third-order valence-electron chi connectivity index (χ3n) is 1.49. The molecule has 0 N–H and O–H groups in total. The molecule has 1 saturated heterocycles. The summed E-state index contributed by atoms with van der Waals surface area (Å²) in [5.74, 6) is 0. The van der Waals surface area contributed by atoms with E-state index in [2.05, 4.69) is 0 Å².